The quantitative estimate of drug-likeness (QED) is 0.339. The molecule has 0 aliphatic rings. The molecule has 9 nitrogen and oxygen atoms in total. The number of hydrogen-bond donors (Lipinski definition) is 1. The predicted molar refractivity (Wildman–Crippen MR) is 109 cm³/mol. The van der Waals surface area contributed by atoms with Gasteiger partial charge in [0.1, 0.15) is 17.0 Å². The van der Waals surface area contributed by atoms with E-state index in [1.54, 1.807) is 6.92 Å². The second kappa shape index (κ2) is 9.08. The Kier molecular flexibility index (Phi) is 6.31. The van der Waals surface area contributed by atoms with Crippen LogP contribution in [0.2, 0.25) is 0 Å². The van der Waals surface area contributed by atoms with E-state index >= 15 is 0 Å². The first kappa shape index (κ1) is 20.8. The molecule has 1 amide bonds. The third-order valence-electron chi connectivity index (χ3n) is 4.26. The summed E-state index contributed by atoms with van der Waals surface area (Å²) in [5, 5.41) is 14.4. The van der Waals surface area contributed by atoms with Gasteiger partial charge in [-0.05, 0) is 37.6 Å². The van der Waals surface area contributed by atoms with Crippen LogP contribution >= 0.6 is 0 Å². The van der Waals surface area contributed by atoms with Gasteiger partial charge in [-0.1, -0.05) is 12.1 Å². The van der Waals surface area contributed by atoms with Crippen LogP contribution in [0.4, 0.5) is 11.4 Å². The summed E-state index contributed by atoms with van der Waals surface area (Å²) < 4.78 is 15.7. The molecule has 0 unspecified atom stereocenters. The summed E-state index contributed by atoms with van der Waals surface area (Å²) in [6.07, 6.45) is 1.42. The zero-order valence-corrected chi connectivity index (χ0v) is 16.5. The lowest BCUT2D eigenvalue weighted by atomic mass is 10.1. The first-order chi connectivity index (χ1) is 14.4. The van der Waals surface area contributed by atoms with E-state index in [4.69, 9.17) is 13.9 Å². The standard InChI is InChI=1S/C21H20N2O7/c1-3-28-15-5-7-17(18(10-15)23(26)27)22-20(24)12-30-21(25)9-14-11-29-19-8-13(2)4-6-16(14)19/h4-8,10-11H,3,9,12H2,1-2H3,(H,22,24). The maximum Gasteiger partial charge on any atom is 0.310 e. The van der Waals surface area contributed by atoms with Crippen molar-refractivity contribution in [2.75, 3.05) is 18.5 Å². The normalized spacial score (nSPS) is 10.6. The van der Waals surface area contributed by atoms with Crippen LogP contribution in [0.3, 0.4) is 0 Å². The van der Waals surface area contributed by atoms with E-state index in [1.165, 1.54) is 24.5 Å². The van der Waals surface area contributed by atoms with E-state index in [9.17, 15) is 19.7 Å². The van der Waals surface area contributed by atoms with Crippen molar-refractivity contribution in [3.05, 3.63) is 63.9 Å². The smallest absolute Gasteiger partial charge is 0.310 e. The second-order valence-electron chi connectivity index (χ2n) is 6.52. The highest BCUT2D eigenvalue weighted by Crippen LogP contribution is 2.29. The van der Waals surface area contributed by atoms with Crippen LogP contribution < -0.4 is 10.1 Å². The van der Waals surface area contributed by atoms with E-state index in [0.717, 1.165) is 10.9 Å². The first-order valence-electron chi connectivity index (χ1n) is 9.20. The highest BCUT2D eigenvalue weighted by atomic mass is 16.6. The molecule has 0 atom stereocenters. The molecular weight excluding hydrogens is 392 g/mol. The Labute approximate surface area is 171 Å². The van der Waals surface area contributed by atoms with Crippen LogP contribution in [0.25, 0.3) is 11.0 Å². The van der Waals surface area contributed by atoms with Crippen LogP contribution in [-0.4, -0.2) is 30.0 Å². The number of benzene rings is 2. The van der Waals surface area contributed by atoms with Crippen molar-refractivity contribution >= 4 is 34.2 Å². The molecule has 1 N–H and O–H groups in total. The predicted octanol–water partition coefficient (Wildman–Crippen LogP) is 3.77. The highest BCUT2D eigenvalue weighted by Gasteiger charge is 2.19. The van der Waals surface area contributed by atoms with Gasteiger partial charge in [-0.3, -0.25) is 19.7 Å². The molecule has 2 aromatic carbocycles. The molecule has 9 heteroatoms. The monoisotopic (exact) mass is 412 g/mol. The number of nitrogens with zero attached hydrogens (tertiary/aromatic N) is 1. The molecule has 3 aromatic rings. The molecule has 0 aliphatic heterocycles. The number of carbonyl (C=O) groups is 2. The van der Waals surface area contributed by atoms with Crippen LogP contribution in [0.15, 0.2) is 47.1 Å². The molecule has 0 fully saturated rings. The van der Waals surface area contributed by atoms with Gasteiger partial charge in [-0.2, -0.15) is 0 Å². The minimum atomic E-state index is -0.691. The second-order valence-corrected chi connectivity index (χ2v) is 6.52. The number of carbonyl (C=O) groups excluding carboxylic acids is 2. The summed E-state index contributed by atoms with van der Waals surface area (Å²) in [5.74, 6) is -0.992. The molecule has 3 rings (SSSR count). The minimum Gasteiger partial charge on any atom is -0.494 e. The Balaban J connectivity index is 1.59. The lowest BCUT2D eigenvalue weighted by Crippen LogP contribution is -2.22. The number of amides is 1. The van der Waals surface area contributed by atoms with Gasteiger partial charge in [0.15, 0.2) is 6.61 Å². The maximum atomic E-state index is 12.1. The minimum absolute atomic E-state index is 0.0132. The van der Waals surface area contributed by atoms with Gasteiger partial charge in [0.05, 0.1) is 30.3 Å². The van der Waals surface area contributed by atoms with Crippen LogP contribution in [0.1, 0.15) is 18.1 Å². The van der Waals surface area contributed by atoms with Gasteiger partial charge in [0.25, 0.3) is 11.6 Å². The zero-order valence-electron chi connectivity index (χ0n) is 16.5. The van der Waals surface area contributed by atoms with Crippen molar-refractivity contribution in [1.29, 1.82) is 0 Å². The SMILES string of the molecule is CCOc1ccc(NC(=O)COC(=O)Cc2coc3cc(C)ccc23)c([N+](=O)[O-])c1. The molecule has 0 aliphatic carbocycles. The number of aryl methyl sites for hydroxylation is 1. The van der Waals surface area contributed by atoms with E-state index in [2.05, 4.69) is 5.32 Å². The van der Waals surface area contributed by atoms with Gasteiger partial charge in [-0.15, -0.1) is 0 Å². The first-order valence-corrected chi connectivity index (χ1v) is 9.20. The Morgan fingerprint density at radius 1 is 1.20 bits per heavy atom. The summed E-state index contributed by atoms with van der Waals surface area (Å²) in [6.45, 7) is 3.47. The van der Waals surface area contributed by atoms with Crippen molar-refractivity contribution in [1.82, 2.24) is 0 Å². The lowest BCUT2D eigenvalue weighted by Gasteiger charge is -2.09. The zero-order chi connectivity index (χ0) is 21.7. The van der Waals surface area contributed by atoms with Crippen LogP contribution in [0.5, 0.6) is 5.75 Å². The fourth-order valence-electron chi connectivity index (χ4n) is 2.89. The third kappa shape index (κ3) is 4.93. The Morgan fingerprint density at radius 3 is 2.73 bits per heavy atom. The van der Waals surface area contributed by atoms with Crippen molar-refractivity contribution in [2.45, 2.75) is 20.3 Å². The highest BCUT2D eigenvalue weighted by molar-refractivity contribution is 5.95. The third-order valence-corrected chi connectivity index (χ3v) is 4.26. The summed E-state index contributed by atoms with van der Waals surface area (Å²) in [6, 6.07) is 9.71. The Morgan fingerprint density at radius 2 is 2.00 bits per heavy atom. The molecule has 0 bridgehead atoms. The van der Waals surface area contributed by atoms with Crippen molar-refractivity contribution < 1.29 is 28.4 Å². The van der Waals surface area contributed by atoms with Gasteiger partial charge < -0.3 is 19.2 Å². The summed E-state index contributed by atoms with van der Waals surface area (Å²) in [5.41, 5.74) is 2.02. The summed E-state index contributed by atoms with van der Waals surface area (Å²) in [4.78, 5) is 34.8. The van der Waals surface area contributed by atoms with E-state index in [0.29, 0.717) is 23.5 Å². The molecule has 156 valence electrons. The van der Waals surface area contributed by atoms with Crippen molar-refractivity contribution in [3.63, 3.8) is 0 Å². The molecule has 0 spiro atoms. The Bertz CT molecular complexity index is 1100. The average Bonchev–Trinajstić information content (AvgIpc) is 3.09. The lowest BCUT2D eigenvalue weighted by molar-refractivity contribution is -0.384. The number of rotatable bonds is 8. The number of furan rings is 1. The summed E-state index contributed by atoms with van der Waals surface area (Å²) in [7, 11) is 0. The molecule has 0 radical (unpaired) electrons. The van der Waals surface area contributed by atoms with Crippen LogP contribution in [0, 0.1) is 17.0 Å². The number of nitro benzene ring substituents is 1. The molecular formula is C21H20N2O7. The molecule has 1 heterocycles. The fourth-order valence-corrected chi connectivity index (χ4v) is 2.89. The number of anilines is 1. The van der Waals surface area contributed by atoms with E-state index in [1.807, 2.05) is 25.1 Å². The van der Waals surface area contributed by atoms with E-state index in [-0.39, 0.29) is 17.8 Å². The fraction of sp³-hybridized carbons (Fsp3) is 0.238. The molecule has 0 saturated carbocycles. The van der Waals surface area contributed by atoms with E-state index < -0.39 is 23.4 Å². The van der Waals surface area contributed by atoms with Crippen molar-refractivity contribution in [2.24, 2.45) is 0 Å². The number of hydrogen-bond acceptors (Lipinski definition) is 7. The number of nitro groups is 1. The number of fused-ring (bicyclic) bond motifs is 1. The number of esters is 1. The average molecular weight is 412 g/mol. The maximum absolute atomic E-state index is 12.1. The molecule has 0 saturated heterocycles. The van der Waals surface area contributed by atoms with Gasteiger partial charge >= 0.3 is 5.97 Å². The van der Waals surface area contributed by atoms with Crippen molar-refractivity contribution in [3.8, 4) is 5.75 Å². The largest absolute Gasteiger partial charge is 0.494 e. The number of nitrogens with one attached hydrogen (secondary N) is 1. The van der Waals surface area contributed by atoms with Gasteiger partial charge in [-0.25, -0.2) is 0 Å². The topological polar surface area (TPSA) is 121 Å². The van der Waals surface area contributed by atoms with Gasteiger partial charge in [0.2, 0.25) is 0 Å². The molecule has 30 heavy (non-hydrogen) atoms. The Hall–Kier alpha value is -3.88. The molecule has 1 aromatic heterocycles. The number of ether oxygens (including phenoxy) is 2. The summed E-state index contributed by atoms with van der Waals surface area (Å²) >= 11 is 0. The van der Waals surface area contributed by atoms with Gasteiger partial charge in [0, 0.05) is 10.9 Å². The van der Waals surface area contributed by atoms with Crippen LogP contribution in [-0.2, 0) is 20.7 Å².